The van der Waals surface area contributed by atoms with E-state index in [0.717, 1.165) is 5.56 Å². The van der Waals surface area contributed by atoms with Gasteiger partial charge in [-0.1, -0.05) is 18.2 Å². The molecule has 1 atom stereocenters. The molecule has 1 unspecified atom stereocenters. The summed E-state index contributed by atoms with van der Waals surface area (Å²) >= 11 is 0. The van der Waals surface area contributed by atoms with Crippen LogP contribution in [0.15, 0.2) is 24.3 Å². The highest BCUT2D eigenvalue weighted by Gasteiger charge is 2.08. The number of hydrogen-bond donors (Lipinski definition) is 1. The van der Waals surface area contributed by atoms with Gasteiger partial charge in [-0.05, 0) is 18.6 Å². The number of carbonyl (C=O) groups is 1. The van der Waals surface area contributed by atoms with Crippen LogP contribution in [-0.2, 0) is 11.2 Å². The number of aliphatic hydroxyl groups is 1. The average molecular weight is 204 g/mol. The smallest absolute Gasteiger partial charge is 0.389 e. The molecule has 0 spiro atoms. The largest absolute Gasteiger partial charge is 0.417 e. The lowest BCUT2D eigenvalue weighted by atomic mass is 10.1. The Morgan fingerprint density at radius 2 is 2.27 bits per heavy atom. The molecule has 0 radical (unpaired) electrons. The molecule has 1 rings (SSSR count). The maximum Gasteiger partial charge on any atom is 0.389 e. The summed E-state index contributed by atoms with van der Waals surface area (Å²) in [5.41, 5.74) is 0.760. The maximum atomic E-state index is 10.9. The summed E-state index contributed by atoms with van der Waals surface area (Å²) in [5, 5.41) is 9.24. The van der Waals surface area contributed by atoms with Gasteiger partial charge in [0.05, 0.1) is 6.10 Å². The number of para-hydroxylation sites is 1. The van der Waals surface area contributed by atoms with E-state index in [0.29, 0.717) is 12.2 Å². The number of esters is 1. The first-order valence-electron chi connectivity index (χ1n) is 4.58. The van der Waals surface area contributed by atoms with E-state index in [9.17, 15) is 9.90 Å². The van der Waals surface area contributed by atoms with Crippen molar-refractivity contribution in [3.63, 3.8) is 0 Å². The summed E-state index contributed by atoms with van der Waals surface area (Å²) in [6.45, 7) is 1.67. The number of carbonyl (C=O) groups excluding carboxylic acids is 1. The quantitative estimate of drug-likeness (QED) is 0.347. The van der Waals surface area contributed by atoms with Crippen LogP contribution in [0.25, 0.3) is 0 Å². The zero-order valence-corrected chi connectivity index (χ0v) is 8.43. The van der Waals surface area contributed by atoms with Crippen molar-refractivity contribution in [1.82, 2.24) is 0 Å². The lowest BCUT2D eigenvalue weighted by Crippen LogP contribution is -2.09. The molecule has 0 aromatic heterocycles. The third-order valence-corrected chi connectivity index (χ3v) is 1.81. The Morgan fingerprint density at radius 1 is 1.60 bits per heavy atom. The van der Waals surface area contributed by atoms with Crippen molar-refractivity contribution in [2.75, 3.05) is 0 Å². The second-order valence-corrected chi connectivity index (χ2v) is 3.19. The van der Waals surface area contributed by atoms with E-state index in [1.54, 1.807) is 25.1 Å². The second kappa shape index (κ2) is 5.18. The summed E-state index contributed by atoms with van der Waals surface area (Å²) in [7, 11) is 0. The standard InChI is InChI=1S/C12H12O3/c1-3-12(14)15-11-7-5-4-6-10(11)8-9(2)13/h1,4-7,9,13H,8H2,2H3. The highest BCUT2D eigenvalue weighted by Crippen LogP contribution is 2.19. The fraction of sp³-hybridized carbons (Fsp3) is 0.250. The second-order valence-electron chi connectivity index (χ2n) is 3.19. The fourth-order valence-electron chi connectivity index (χ4n) is 1.22. The summed E-state index contributed by atoms with van der Waals surface area (Å²) in [5.74, 6) is 1.55. The molecule has 0 aliphatic rings. The van der Waals surface area contributed by atoms with Crippen molar-refractivity contribution in [3.8, 4) is 18.1 Å². The van der Waals surface area contributed by atoms with E-state index in [2.05, 4.69) is 0 Å². The first kappa shape index (κ1) is 11.3. The Labute approximate surface area is 88.7 Å². The molecule has 1 N–H and O–H groups in total. The molecule has 0 fully saturated rings. The van der Waals surface area contributed by atoms with E-state index in [4.69, 9.17) is 11.2 Å². The molecule has 0 saturated heterocycles. The van der Waals surface area contributed by atoms with Gasteiger partial charge in [0.1, 0.15) is 5.75 Å². The molecule has 0 bridgehead atoms. The Bertz CT molecular complexity index is 388. The van der Waals surface area contributed by atoms with Gasteiger partial charge in [0.2, 0.25) is 0 Å². The van der Waals surface area contributed by atoms with Crippen molar-refractivity contribution in [3.05, 3.63) is 29.8 Å². The molecule has 1 aromatic rings. The van der Waals surface area contributed by atoms with E-state index in [1.807, 2.05) is 12.0 Å². The van der Waals surface area contributed by atoms with Crippen LogP contribution in [0.5, 0.6) is 5.75 Å². The lowest BCUT2D eigenvalue weighted by Gasteiger charge is -2.09. The number of aliphatic hydroxyl groups excluding tert-OH is 1. The van der Waals surface area contributed by atoms with E-state index in [1.165, 1.54) is 0 Å². The van der Waals surface area contributed by atoms with Gasteiger partial charge < -0.3 is 9.84 Å². The number of terminal acetylenes is 1. The van der Waals surface area contributed by atoms with Gasteiger partial charge in [-0.15, -0.1) is 6.42 Å². The number of ether oxygens (including phenoxy) is 1. The molecule has 0 aliphatic heterocycles. The van der Waals surface area contributed by atoms with Crippen molar-refractivity contribution >= 4 is 5.97 Å². The Morgan fingerprint density at radius 3 is 2.87 bits per heavy atom. The fourth-order valence-corrected chi connectivity index (χ4v) is 1.22. The minimum atomic E-state index is -0.729. The van der Waals surface area contributed by atoms with Crippen molar-refractivity contribution < 1.29 is 14.6 Å². The molecular formula is C12H12O3. The van der Waals surface area contributed by atoms with E-state index in [-0.39, 0.29) is 0 Å². The average Bonchev–Trinajstić information content (AvgIpc) is 2.20. The first-order chi connectivity index (χ1) is 7.13. The van der Waals surface area contributed by atoms with Gasteiger partial charge in [-0.3, -0.25) is 0 Å². The van der Waals surface area contributed by atoms with Crippen LogP contribution in [-0.4, -0.2) is 17.2 Å². The Balaban J connectivity index is 2.87. The van der Waals surface area contributed by atoms with Gasteiger partial charge in [-0.25, -0.2) is 4.79 Å². The molecule has 3 nitrogen and oxygen atoms in total. The zero-order chi connectivity index (χ0) is 11.3. The van der Waals surface area contributed by atoms with E-state index >= 15 is 0 Å². The van der Waals surface area contributed by atoms with Gasteiger partial charge in [0, 0.05) is 12.3 Å². The number of rotatable bonds is 3. The van der Waals surface area contributed by atoms with Crippen LogP contribution < -0.4 is 4.74 Å². The minimum Gasteiger partial charge on any atom is -0.417 e. The SMILES string of the molecule is C#CC(=O)Oc1ccccc1CC(C)O. The predicted octanol–water partition coefficient (Wildman–Crippen LogP) is 1.15. The molecule has 15 heavy (non-hydrogen) atoms. The highest BCUT2D eigenvalue weighted by atomic mass is 16.5. The topological polar surface area (TPSA) is 46.5 Å². The molecule has 0 heterocycles. The molecule has 0 aliphatic carbocycles. The highest BCUT2D eigenvalue weighted by molar-refractivity contribution is 5.89. The zero-order valence-electron chi connectivity index (χ0n) is 8.43. The molecular weight excluding hydrogens is 192 g/mol. The van der Waals surface area contributed by atoms with Crippen LogP contribution in [0.2, 0.25) is 0 Å². The predicted molar refractivity (Wildman–Crippen MR) is 56.3 cm³/mol. The van der Waals surface area contributed by atoms with Gasteiger partial charge >= 0.3 is 5.97 Å². The van der Waals surface area contributed by atoms with Crippen molar-refractivity contribution in [1.29, 1.82) is 0 Å². The van der Waals surface area contributed by atoms with Gasteiger partial charge in [0.25, 0.3) is 0 Å². The molecule has 3 heteroatoms. The first-order valence-corrected chi connectivity index (χ1v) is 4.58. The van der Waals surface area contributed by atoms with E-state index < -0.39 is 12.1 Å². The maximum absolute atomic E-state index is 10.9. The normalized spacial score (nSPS) is 11.5. The summed E-state index contributed by atoms with van der Waals surface area (Å²) in [4.78, 5) is 10.9. The van der Waals surface area contributed by atoms with Gasteiger partial charge in [0.15, 0.2) is 0 Å². The van der Waals surface area contributed by atoms with Gasteiger partial charge in [-0.2, -0.15) is 0 Å². The number of benzene rings is 1. The summed E-state index contributed by atoms with van der Waals surface area (Å²) < 4.78 is 4.91. The number of hydrogen-bond acceptors (Lipinski definition) is 3. The van der Waals surface area contributed by atoms with Crippen LogP contribution >= 0.6 is 0 Å². The third kappa shape index (κ3) is 3.45. The van der Waals surface area contributed by atoms with Crippen molar-refractivity contribution in [2.24, 2.45) is 0 Å². The Kier molecular flexibility index (Phi) is 3.90. The lowest BCUT2D eigenvalue weighted by molar-refractivity contribution is -0.128. The Hall–Kier alpha value is -1.79. The third-order valence-electron chi connectivity index (χ3n) is 1.81. The summed E-state index contributed by atoms with van der Waals surface area (Å²) in [6, 6.07) is 6.98. The molecule has 1 aromatic carbocycles. The van der Waals surface area contributed by atoms with Crippen LogP contribution in [0, 0.1) is 12.3 Å². The molecule has 0 saturated carbocycles. The monoisotopic (exact) mass is 204 g/mol. The molecule has 0 amide bonds. The van der Waals surface area contributed by atoms with Crippen LogP contribution in [0.1, 0.15) is 12.5 Å². The van der Waals surface area contributed by atoms with Crippen LogP contribution in [0.3, 0.4) is 0 Å². The van der Waals surface area contributed by atoms with Crippen LogP contribution in [0.4, 0.5) is 0 Å². The minimum absolute atomic E-state index is 0.404. The van der Waals surface area contributed by atoms with Crippen molar-refractivity contribution in [2.45, 2.75) is 19.4 Å². The summed E-state index contributed by atoms with van der Waals surface area (Å²) in [6.07, 6.45) is 4.83. The molecule has 78 valence electrons.